The lowest BCUT2D eigenvalue weighted by Gasteiger charge is -2.26. The summed E-state index contributed by atoms with van der Waals surface area (Å²) in [5, 5.41) is 3.61. The smallest absolute Gasteiger partial charge is 0.124 e. The third kappa shape index (κ3) is 4.51. The maximum atomic E-state index is 5.66. The molecule has 1 atom stereocenters. The molecule has 3 nitrogen and oxygen atoms in total. The minimum Gasteiger partial charge on any atom is -0.493 e. The van der Waals surface area contributed by atoms with Crippen LogP contribution >= 0.6 is 0 Å². The normalized spacial score (nSPS) is 17.8. The SMILES string of the molecule is CCCCOCCCNC1CCOc2ccccc21. The average molecular weight is 263 g/mol. The molecule has 0 fully saturated rings. The summed E-state index contributed by atoms with van der Waals surface area (Å²) in [6.07, 6.45) is 4.49. The topological polar surface area (TPSA) is 30.5 Å². The van der Waals surface area contributed by atoms with Crippen LogP contribution < -0.4 is 10.1 Å². The number of fused-ring (bicyclic) bond motifs is 1. The number of benzene rings is 1. The predicted molar refractivity (Wildman–Crippen MR) is 77.6 cm³/mol. The Labute approximate surface area is 116 Å². The Morgan fingerprint density at radius 3 is 3.00 bits per heavy atom. The van der Waals surface area contributed by atoms with Crippen molar-refractivity contribution >= 4 is 0 Å². The Morgan fingerprint density at radius 1 is 1.26 bits per heavy atom. The fourth-order valence-electron chi connectivity index (χ4n) is 2.35. The molecule has 1 aliphatic rings. The molecular formula is C16H25NO2. The molecule has 1 unspecified atom stereocenters. The van der Waals surface area contributed by atoms with Gasteiger partial charge in [-0.2, -0.15) is 0 Å². The van der Waals surface area contributed by atoms with Gasteiger partial charge in [0.1, 0.15) is 5.75 Å². The molecule has 1 aromatic carbocycles. The van der Waals surface area contributed by atoms with Crippen molar-refractivity contribution < 1.29 is 9.47 Å². The van der Waals surface area contributed by atoms with Crippen LogP contribution in [0.25, 0.3) is 0 Å². The quantitative estimate of drug-likeness (QED) is 0.730. The monoisotopic (exact) mass is 263 g/mol. The summed E-state index contributed by atoms with van der Waals surface area (Å²) < 4.78 is 11.2. The van der Waals surface area contributed by atoms with E-state index in [0.717, 1.165) is 45.0 Å². The molecule has 0 spiro atoms. The maximum Gasteiger partial charge on any atom is 0.124 e. The highest BCUT2D eigenvalue weighted by Gasteiger charge is 2.19. The zero-order valence-corrected chi connectivity index (χ0v) is 11.9. The summed E-state index contributed by atoms with van der Waals surface area (Å²) in [7, 11) is 0. The standard InChI is InChI=1S/C16H25NO2/c1-2-3-11-18-12-6-10-17-15-9-13-19-16-8-5-4-7-14(15)16/h4-5,7-8,15,17H,2-3,6,9-13H2,1H3. The molecule has 0 radical (unpaired) electrons. The van der Waals surface area contributed by atoms with Crippen LogP contribution in [0.1, 0.15) is 44.2 Å². The van der Waals surface area contributed by atoms with Crippen LogP contribution in [0.2, 0.25) is 0 Å². The predicted octanol–water partition coefficient (Wildman–Crippen LogP) is 3.31. The number of nitrogens with one attached hydrogen (secondary N) is 1. The lowest BCUT2D eigenvalue weighted by molar-refractivity contribution is 0.127. The maximum absolute atomic E-state index is 5.66. The second-order valence-corrected chi connectivity index (χ2v) is 5.00. The molecule has 106 valence electrons. The lowest BCUT2D eigenvalue weighted by atomic mass is 10.0. The van der Waals surface area contributed by atoms with Crippen molar-refractivity contribution in [3.63, 3.8) is 0 Å². The van der Waals surface area contributed by atoms with Crippen molar-refractivity contribution in [2.45, 2.75) is 38.6 Å². The van der Waals surface area contributed by atoms with Gasteiger partial charge in [0.15, 0.2) is 0 Å². The summed E-state index contributed by atoms with van der Waals surface area (Å²) in [6.45, 7) is 5.76. The molecule has 0 amide bonds. The van der Waals surface area contributed by atoms with Gasteiger partial charge in [0.2, 0.25) is 0 Å². The van der Waals surface area contributed by atoms with Crippen LogP contribution in [0.3, 0.4) is 0 Å². The molecule has 1 aliphatic heterocycles. The van der Waals surface area contributed by atoms with E-state index >= 15 is 0 Å². The first-order valence-electron chi connectivity index (χ1n) is 7.44. The Hall–Kier alpha value is -1.06. The number of hydrogen-bond donors (Lipinski definition) is 1. The largest absolute Gasteiger partial charge is 0.493 e. The fraction of sp³-hybridized carbons (Fsp3) is 0.625. The molecule has 19 heavy (non-hydrogen) atoms. The fourth-order valence-corrected chi connectivity index (χ4v) is 2.35. The summed E-state index contributed by atoms with van der Waals surface area (Å²) in [6, 6.07) is 8.75. The molecule has 0 aliphatic carbocycles. The Morgan fingerprint density at radius 2 is 2.11 bits per heavy atom. The van der Waals surface area contributed by atoms with Crippen molar-refractivity contribution in [2.75, 3.05) is 26.4 Å². The first-order valence-corrected chi connectivity index (χ1v) is 7.44. The van der Waals surface area contributed by atoms with E-state index in [1.54, 1.807) is 0 Å². The number of ether oxygens (including phenoxy) is 2. The van der Waals surface area contributed by atoms with Crippen LogP contribution in [0.5, 0.6) is 5.75 Å². The van der Waals surface area contributed by atoms with Gasteiger partial charge in [0.05, 0.1) is 6.61 Å². The van der Waals surface area contributed by atoms with Crippen LogP contribution in [0.15, 0.2) is 24.3 Å². The van der Waals surface area contributed by atoms with E-state index in [0.29, 0.717) is 6.04 Å². The van der Waals surface area contributed by atoms with Gasteiger partial charge in [-0.25, -0.2) is 0 Å². The first kappa shape index (κ1) is 14.4. The van der Waals surface area contributed by atoms with Gasteiger partial charge in [0.25, 0.3) is 0 Å². The molecule has 0 bridgehead atoms. The second kappa shape index (κ2) is 8.18. The first-order chi connectivity index (χ1) is 9.42. The van der Waals surface area contributed by atoms with Gasteiger partial charge in [-0.15, -0.1) is 0 Å². The number of unbranched alkanes of at least 4 members (excludes halogenated alkanes) is 1. The summed E-state index contributed by atoms with van der Waals surface area (Å²) >= 11 is 0. The molecule has 1 aromatic rings. The van der Waals surface area contributed by atoms with E-state index in [4.69, 9.17) is 9.47 Å². The van der Waals surface area contributed by atoms with Crippen molar-refractivity contribution in [2.24, 2.45) is 0 Å². The zero-order valence-electron chi connectivity index (χ0n) is 11.9. The van der Waals surface area contributed by atoms with E-state index in [1.807, 2.05) is 6.07 Å². The Balaban J connectivity index is 1.67. The van der Waals surface area contributed by atoms with Gasteiger partial charge < -0.3 is 14.8 Å². The molecular weight excluding hydrogens is 238 g/mol. The minimum absolute atomic E-state index is 0.431. The van der Waals surface area contributed by atoms with Crippen molar-refractivity contribution in [1.82, 2.24) is 5.32 Å². The summed E-state index contributed by atoms with van der Waals surface area (Å²) in [4.78, 5) is 0. The van der Waals surface area contributed by atoms with Crippen molar-refractivity contribution in [3.05, 3.63) is 29.8 Å². The van der Waals surface area contributed by atoms with Gasteiger partial charge in [-0.05, 0) is 25.5 Å². The number of hydrogen-bond acceptors (Lipinski definition) is 3. The number of para-hydroxylation sites is 1. The lowest BCUT2D eigenvalue weighted by Crippen LogP contribution is -2.28. The third-order valence-electron chi connectivity index (χ3n) is 3.46. The van der Waals surface area contributed by atoms with Gasteiger partial charge in [-0.3, -0.25) is 0 Å². The van der Waals surface area contributed by atoms with Crippen molar-refractivity contribution in [1.29, 1.82) is 0 Å². The molecule has 1 N–H and O–H groups in total. The van der Waals surface area contributed by atoms with E-state index in [-0.39, 0.29) is 0 Å². The molecule has 3 heteroatoms. The Bertz CT molecular complexity index is 368. The molecule has 2 rings (SSSR count). The Kier molecular flexibility index (Phi) is 6.18. The van der Waals surface area contributed by atoms with E-state index in [9.17, 15) is 0 Å². The number of rotatable bonds is 8. The van der Waals surface area contributed by atoms with E-state index in [2.05, 4.69) is 30.4 Å². The third-order valence-corrected chi connectivity index (χ3v) is 3.46. The summed E-state index contributed by atoms with van der Waals surface area (Å²) in [5.41, 5.74) is 1.29. The molecule has 0 saturated heterocycles. The molecule has 1 heterocycles. The average Bonchev–Trinajstić information content (AvgIpc) is 2.46. The van der Waals surface area contributed by atoms with Gasteiger partial charge >= 0.3 is 0 Å². The second-order valence-electron chi connectivity index (χ2n) is 5.00. The molecule has 0 aromatic heterocycles. The van der Waals surface area contributed by atoms with Crippen LogP contribution in [0, 0.1) is 0 Å². The minimum atomic E-state index is 0.431. The highest BCUT2D eigenvalue weighted by molar-refractivity contribution is 5.37. The summed E-state index contributed by atoms with van der Waals surface area (Å²) in [5.74, 6) is 1.03. The van der Waals surface area contributed by atoms with Crippen LogP contribution in [-0.4, -0.2) is 26.4 Å². The highest BCUT2D eigenvalue weighted by atomic mass is 16.5. The highest BCUT2D eigenvalue weighted by Crippen LogP contribution is 2.31. The van der Waals surface area contributed by atoms with Crippen LogP contribution in [0.4, 0.5) is 0 Å². The van der Waals surface area contributed by atoms with Gasteiger partial charge in [-0.1, -0.05) is 31.5 Å². The van der Waals surface area contributed by atoms with E-state index in [1.165, 1.54) is 18.4 Å². The van der Waals surface area contributed by atoms with Crippen LogP contribution in [-0.2, 0) is 4.74 Å². The zero-order chi connectivity index (χ0) is 13.3. The molecule has 0 saturated carbocycles. The van der Waals surface area contributed by atoms with E-state index < -0.39 is 0 Å². The van der Waals surface area contributed by atoms with Gasteiger partial charge in [0, 0.05) is 31.2 Å². The van der Waals surface area contributed by atoms with Crippen molar-refractivity contribution in [3.8, 4) is 5.75 Å².